The largest absolute Gasteiger partial charge is 0.332 e. The van der Waals surface area contributed by atoms with Gasteiger partial charge in [0.1, 0.15) is 0 Å². The monoisotopic (exact) mass is 368 g/mol. The number of aryl methyl sites for hydroxylation is 2. The first kappa shape index (κ1) is 18.1. The van der Waals surface area contributed by atoms with Crippen molar-refractivity contribution in [3.63, 3.8) is 0 Å². The number of nitrogens with one attached hydrogen (secondary N) is 1. The molecule has 1 saturated heterocycles. The normalized spacial score (nSPS) is 19.4. The first-order valence-electron chi connectivity index (χ1n) is 9.90. The van der Waals surface area contributed by atoms with E-state index in [0.29, 0.717) is 13.0 Å². The molecule has 1 amide bonds. The summed E-state index contributed by atoms with van der Waals surface area (Å²) in [5.41, 5.74) is 5.70. The average Bonchev–Trinajstić information content (AvgIpc) is 3.27. The molecule has 0 bridgehead atoms. The summed E-state index contributed by atoms with van der Waals surface area (Å²) >= 11 is 0. The number of carbonyl (C=O) groups excluding carboxylic acids is 1. The fraction of sp³-hybridized carbons (Fsp3) is 0.600. The molecule has 1 fully saturated rings. The topological polar surface area (TPSA) is 75.9 Å². The number of rotatable bonds is 4. The van der Waals surface area contributed by atoms with Gasteiger partial charge in [0.15, 0.2) is 5.82 Å². The Morgan fingerprint density at radius 2 is 2.19 bits per heavy atom. The minimum absolute atomic E-state index is 0.0138. The van der Waals surface area contributed by atoms with Crippen LogP contribution in [0, 0.1) is 20.8 Å². The first-order valence-corrected chi connectivity index (χ1v) is 9.90. The zero-order valence-corrected chi connectivity index (χ0v) is 16.5. The Hall–Kier alpha value is -2.28. The minimum atomic E-state index is 0.0138. The molecule has 27 heavy (non-hydrogen) atoms. The van der Waals surface area contributed by atoms with Gasteiger partial charge in [0, 0.05) is 62.2 Å². The Balaban J connectivity index is 1.46. The molecule has 2 aliphatic heterocycles. The zero-order valence-electron chi connectivity index (χ0n) is 16.5. The quantitative estimate of drug-likeness (QED) is 0.893. The fourth-order valence-electron chi connectivity index (χ4n) is 4.10. The number of hydrogen-bond donors (Lipinski definition) is 1. The zero-order chi connectivity index (χ0) is 19.0. The molecular weight excluding hydrogens is 340 g/mol. The maximum Gasteiger partial charge on any atom is 0.225 e. The van der Waals surface area contributed by atoms with Gasteiger partial charge in [0.2, 0.25) is 5.91 Å². The van der Waals surface area contributed by atoms with Crippen LogP contribution in [-0.2, 0) is 24.3 Å². The van der Waals surface area contributed by atoms with Crippen LogP contribution < -0.4 is 5.32 Å². The molecule has 0 aliphatic carbocycles. The SMILES string of the molecule is Cc1nn(CCC(=O)N2CCCC2c2ncc3c(n2)CCNC3)c(C)c1C. The van der Waals surface area contributed by atoms with Gasteiger partial charge in [0.05, 0.1) is 11.7 Å². The first-order chi connectivity index (χ1) is 13.0. The van der Waals surface area contributed by atoms with E-state index < -0.39 is 0 Å². The van der Waals surface area contributed by atoms with Gasteiger partial charge in [-0.05, 0) is 39.2 Å². The summed E-state index contributed by atoms with van der Waals surface area (Å²) in [6.45, 7) is 9.37. The van der Waals surface area contributed by atoms with Gasteiger partial charge in [-0.3, -0.25) is 9.48 Å². The predicted molar refractivity (Wildman–Crippen MR) is 102 cm³/mol. The minimum Gasteiger partial charge on any atom is -0.332 e. The summed E-state index contributed by atoms with van der Waals surface area (Å²) < 4.78 is 1.95. The molecular formula is C20H28N6O. The highest BCUT2D eigenvalue weighted by Gasteiger charge is 2.32. The van der Waals surface area contributed by atoms with E-state index in [1.54, 1.807) is 0 Å². The van der Waals surface area contributed by atoms with Crippen LogP contribution in [0.2, 0.25) is 0 Å². The van der Waals surface area contributed by atoms with E-state index in [-0.39, 0.29) is 11.9 Å². The third-order valence-corrected chi connectivity index (χ3v) is 5.98. The van der Waals surface area contributed by atoms with Crippen LogP contribution in [-0.4, -0.2) is 43.6 Å². The third kappa shape index (κ3) is 3.48. The molecule has 7 nitrogen and oxygen atoms in total. The second-order valence-corrected chi connectivity index (χ2v) is 7.64. The van der Waals surface area contributed by atoms with Crippen LogP contribution in [0.1, 0.15) is 59.3 Å². The molecule has 0 spiro atoms. The molecule has 0 aromatic carbocycles. The highest BCUT2D eigenvalue weighted by atomic mass is 16.2. The molecule has 4 heterocycles. The Kier molecular flexibility index (Phi) is 4.95. The third-order valence-electron chi connectivity index (χ3n) is 5.98. The van der Waals surface area contributed by atoms with E-state index in [0.717, 1.165) is 61.8 Å². The van der Waals surface area contributed by atoms with Gasteiger partial charge in [0.25, 0.3) is 0 Å². The molecule has 7 heteroatoms. The number of nitrogens with zero attached hydrogens (tertiary/aromatic N) is 5. The lowest BCUT2D eigenvalue weighted by Crippen LogP contribution is -2.33. The molecule has 1 N–H and O–H groups in total. The van der Waals surface area contributed by atoms with Gasteiger partial charge < -0.3 is 10.2 Å². The van der Waals surface area contributed by atoms with Gasteiger partial charge in [-0.25, -0.2) is 9.97 Å². The molecule has 0 saturated carbocycles. The molecule has 0 radical (unpaired) electrons. The standard InChI is InChI=1S/C20H28N6O/c1-13-14(2)24-26(15(13)3)10-7-19(27)25-9-4-5-18(25)20-22-12-16-11-21-8-6-17(16)23-20/h12,18,21H,4-11H2,1-3H3. The smallest absolute Gasteiger partial charge is 0.225 e. The van der Waals surface area contributed by atoms with Crippen molar-refractivity contribution < 1.29 is 4.79 Å². The number of fused-ring (bicyclic) bond motifs is 1. The molecule has 2 aliphatic rings. The maximum absolute atomic E-state index is 12.9. The summed E-state index contributed by atoms with van der Waals surface area (Å²) in [7, 11) is 0. The van der Waals surface area contributed by atoms with Crippen LogP contribution in [0.25, 0.3) is 0 Å². The van der Waals surface area contributed by atoms with E-state index >= 15 is 0 Å². The van der Waals surface area contributed by atoms with E-state index in [1.807, 2.05) is 22.7 Å². The van der Waals surface area contributed by atoms with E-state index in [1.165, 1.54) is 11.1 Å². The summed E-state index contributed by atoms with van der Waals surface area (Å²) in [5.74, 6) is 0.981. The van der Waals surface area contributed by atoms with Crippen molar-refractivity contribution in [2.45, 2.75) is 65.6 Å². The predicted octanol–water partition coefficient (Wildman–Crippen LogP) is 2.00. The highest BCUT2D eigenvalue weighted by Crippen LogP contribution is 2.31. The molecule has 1 atom stereocenters. The van der Waals surface area contributed by atoms with E-state index in [4.69, 9.17) is 4.98 Å². The Labute approximate surface area is 160 Å². The van der Waals surface area contributed by atoms with Gasteiger partial charge >= 0.3 is 0 Å². The van der Waals surface area contributed by atoms with Crippen molar-refractivity contribution in [3.05, 3.63) is 40.2 Å². The van der Waals surface area contributed by atoms with Gasteiger partial charge in [-0.15, -0.1) is 0 Å². The molecule has 2 aromatic heterocycles. The summed E-state index contributed by atoms with van der Waals surface area (Å²) in [6, 6.07) is 0.0138. The van der Waals surface area contributed by atoms with Crippen LogP contribution in [0.5, 0.6) is 0 Å². The number of likely N-dealkylation sites (tertiary alicyclic amines) is 1. The van der Waals surface area contributed by atoms with Gasteiger partial charge in [-0.2, -0.15) is 5.10 Å². The molecule has 144 valence electrons. The lowest BCUT2D eigenvalue weighted by Gasteiger charge is -2.25. The van der Waals surface area contributed by atoms with Crippen molar-refractivity contribution in [3.8, 4) is 0 Å². The van der Waals surface area contributed by atoms with Crippen molar-refractivity contribution in [2.75, 3.05) is 13.1 Å². The Bertz CT molecular complexity index is 858. The summed E-state index contributed by atoms with van der Waals surface area (Å²) in [4.78, 5) is 24.3. The summed E-state index contributed by atoms with van der Waals surface area (Å²) in [6.07, 6.45) is 5.29. The summed E-state index contributed by atoms with van der Waals surface area (Å²) in [5, 5.41) is 7.90. The number of amides is 1. The average molecular weight is 368 g/mol. The van der Waals surface area contributed by atoms with Crippen LogP contribution >= 0.6 is 0 Å². The van der Waals surface area contributed by atoms with Crippen molar-refractivity contribution in [1.29, 1.82) is 0 Å². The van der Waals surface area contributed by atoms with Crippen LogP contribution in [0.4, 0.5) is 0 Å². The molecule has 1 unspecified atom stereocenters. The molecule has 4 rings (SSSR count). The second kappa shape index (κ2) is 7.38. The second-order valence-electron chi connectivity index (χ2n) is 7.64. The maximum atomic E-state index is 12.9. The van der Waals surface area contributed by atoms with Crippen molar-refractivity contribution in [1.82, 2.24) is 30.0 Å². The fourth-order valence-corrected chi connectivity index (χ4v) is 4.10. The lowest BCUT2D eigenvalue weighted by molar-refractivity contribution is -0.132. The Morgan fingerprint density at radius 1 is 1.33 bits per heavy atom. The van der Waals surface area contributed by atoms with Crippen molar-refractivity contribution in [2.24, 2.45) is 0 Å². The van der Waals surface area contributed by atoms with Crippen molar-refractivity contribution >= 4 is 5.91 Å². The van der Waals surface area contributed by atoms with Gasteiger partial charge in [-0.1, -0.05) is 0 Å². The number of aromatic nitrogens is 4. The molecule has 2 aromatic rings. The number of carbonyl (C=O) groups is 1. The van der Waals surface area contributed by atoms with Crippen LogP contribution in [0.3, 0.4) is 0 Å². The highest BCUT2D eigenvalue weighted by molar-refractivity contribution is 5.76. The van der Waals surface area contributed by atoms with E-state index in [2.05, 4.69) is 29.2 Å². The number of hydrogen-bond acceptors (Lipinski definition) is 5. The van der Waals surface area contributed by atoms with E-state index in [9.17, 15) is 4.79 Å². The Morgan fingerprint density at radius 3 is 2.96 bits per heavy atom. The van der Waals surface area contributed by atoms with Crippen LogP contribution in [0.15, 0.2) is 6.20 Å². The lowest BCUT2D eigenvalue weighted by atomic mass is 10.1.